The first kappa shape index (κ1) is 19.3. The van der Waals surface area contributed by atoms with E-state index in [1.165, 1.54) is 4.90 Å². The van der Waals surface area contributed by atoms with Gasteiger partial charge in [0.25, 0.3) is 5.91 Å². The summed E-state index contributed by atoms with van der Waals surface area (Å²) in [7, 11) is 0. The number of hydrogen-bond donors (Lipinski definition) is 1. The second-order valence-electron chi connectivity index (χ2n) is 5.46. The van der Waals surface area contributed by atoms with Crippen LogP contribution < -0.4 is 10.1 Å². The quantitative estimate of drug-likeness (QED) is 0.764. The Bertz CT molecular complexity index is 719. The monoisotopic (exact) mass is 380 g/mol. The Hall–Kier alpha value is -2.05. The van der Waals surface area contributed by atoms with Gasteiger partial charge in [0.15, 0.2) is 6.61 Å². The van der Waals surface area contributed by atoms with E-state index in [-0.39, 0.29) is 25.0 Å². The van der Waals surface area contributed by atoms with Crippen molar-refractivity contribution in [2.45, 2.75) is 20.4 Å². The van der Waals surface area contributed by atoms with E-state index in [9.17, 15) is 9.59 Å². The lowest BCUT2D eigenvalue weighted by atomic mass is 10.2. The zero-order chi connectivity index (χ0) is 18.2. The standard InChI is InChI=1S/C18H21ClN2O3S/c1-3-21(11-17(22)20-10-15-5-4-8-25-15)18(23)12-24-16-7-6-14(19)9-13(16)2/h4-9H,3,10-12H2,1-2H3,(H,20,22). The van der Waals surface area contributed by atoms with Gasteiger partial charge in [-0.1, -0.05) is 17.7 Å². The number of nitrogens with one attached hydrogen (secondary N) is 1. The number of aryl methyl sites for hydroxylation is 1. The van der Waals surface area contributed by atoms with Crippen LogP contribution in [-0.4, -0.2) is 36.4 Å². The molecule has 1 aromatic carbocycles. The number of nitrogens with zero attached hydrogens (tertiary/aromatic N) is 1. The van der Waals surface area contributed by atoms with Gasteiger partial charge < -0.3 is 15.0 Å². The predicted molar refractivity (Wildman–Crippen MR) is 100 cm³/mol. The number of amides is 2. The molecule has 0 aliphatic carbocycles. The molecule has 1 heterocycles. The minimum absolute atomic E-state index is 0.0175. The predicted octanol–water partition coefficient (Wildman–Crippen LogP) is 3.25. The Morgan fingerprint density at radius 1 is 1.32 bits per heavy atom. The fourth-order valence-corrected chi connectivity index (χ4v) is 3.08. The third kappa shape index (κ3) is 6.07. The Kier molecular flexibility index (Phi) is 7.28. The number of hydrogen-bond acceptors (Lipinski definition) is 4. The summed E-state index contributed by atoms with van der Waals surface area (Å²) >= 11 is 7.48. The molecule has 2 rings (SSSR count). The zero-order valence-electron chi connectivity index (χ0n) is 14.3. The first-order valence-corrected chi connectivity index (χ1v) is 9.21. The van der Waals surface area contributed by atoms with Crippen LogP contribution in [0.1, 0.15) is 17.4 Å². The van der Waals surface area contributed by atoms with E-state index in [1.807, 2.05) is 31.4 Å². The Labute approximate surface area is 156 Å². The molecule has 0 saturated carbocycles. The lowest BCUT2D eigenvalue weighted by molar-refractivity contribution is -0.137. The van der Waals surface area contributed by atoms with Gasteiger partial charge in [-0.05, 0) is 49.1 Å². The average molecular weight is 381 g/mol. The van der Waals surface area contributed by atoms with Crippen molar-refractivity contribution in [2.75, 3.05) is 19.7 Å². The van der Waals surface area contributed by atoms with Gasteiger partial charge in [-0.25, -0.2) is 0 Å². The summed E-state index contributed by atoms with van der Waals surface area (Å²) in [4.78, 5) is 26.9. The molecule has 0 bridgehead atoms. The molecule has 0 fully saturated rings. The maximum Gasteiger partial charge on any atom is 0.260 e. The highest BCUT2D eigenvalue weighted by molar-refractivity contribution is 7.09. The van der Waals surface area contributed by atoms with Crippen LogP contribution in [0.3, 0.4) is 0 Å². The highest BCUT2D eigenvalue weighted by atomic mass is 35.5. The van der Waals surface area contributed by atoms with Gasteiger partial charge in [0.05, 0.1) is 13.1 Å². The summed E-state index contributed by atoms with van der Waals surface area (Å²) in [5, 5.41) is 5.39. The zero-order valence-corrected chi connectivity index (χ0v) is 15.8. The van der Waals surface area contributed by atoms with Gasteiger partial charge in [0.1, 0.15) is 5.75 Å². The molecule has 0 atom stereocenters. The minimum atomic E-state index is -0.233. The van der Waals surface area contributed by atoms with E-state index in [0.717, 1.165) is 10.4 Å². The lowest BCUT2D eigenvalue weighted by Gasteiger charge is -2.20. The molecule has 0 unspecified atom stereocenters. The van der Waals surface area contributed by atoms with Crippen LogP contribution in [0.25, 0.3) is 0 Å². The molecule has 0 radical (unpaired) electrons. The number of likely N-dealkylation sites (N-methyl/N-ethyl adjacent to an activating group) is 1. The lowest BCUT2D eigenvalue weighted by Crippen LogP contribution is -2.42. The Balaban J connectivity index is 1.82. The van der Waals surface area contributed by atoms with E-state index >= 15 is 0 Å². The van der Waals surface area contributed by atoms with Gasteiger partial charge in [-0.3, -0.25) is 9.59 Å². The van der Waals surface area contributed by atoms with Crippen molar-refractivity contribution in [3.63, 3.8) is 0 Å². The number of benzene rings is 1. The fraction of sp³-hybridized carbons (Fsp3) is 0.333. The Morgan fingerprint density at radius 2 is 2.12 bits per heavy atom. The molecule has 0 aliphatic rings. The molecular weight excluding hydrogens is 360 g/mol. The minimum Gasteiger partial charge on any atom is -0.483 e. The first-order chi connectivity index (χ1) is 12.0. The van der Waals surface area contributed by atoms with Gasteiger partial charge in [0.2, 0.25) is 5.91 Å². The van der Waals surface area contributed by atoms with E-state index in [0.29, 0.717) is 23.9 Å². The SMILES string of the molecule is CCN(CC(=O)NCc1cccs1)C(=O)COc1ccc(Cl)cc1C. The summed E-state index contributed by atoms with van der Waals surface area (Å²) in [6, 6.07) is 9.11. The van der Waals surface area contributed by atoms with Gasteiger partial charge in [-0.15, -0.1) is 11.3 Å². The fourth-order valence-electron chi connectivity index (χ4n) is 2.21. The van der Waals surface area contributed by atoms with Crippen LogP contribution in [0.2, 0.25) is 5.02 Å². The summed E-state index contributed by atoms with van der Waals surface area (Å²) in [5.41, 5.74) is 0.858. The molecule has 0 aliphatic heterocycles. The van der Waals surface area contributed by atoms with Crippen molar-refractivity contribution < 1.29 is 14.3 Å². The van der Waals surface area contributed by atoms with Crippen molar-refractivity contribution in [1.82, 2.24) is 10.2 Å². The van der Waals surface area contributed by atoms with E-state index in [1.54, 1.807) is 29.5 Å². The Morgan fingerprint density at radius 3 is 2.76 bits per heavy atom. The number of carbonyl (C=O) groups excluding carboxylic acids is 2. The molecule has 2 aromatic rings. The second kappa shape index (κ2) is 9.44. The maximum atomic E-state index is 12.3. The summed E-state index contributed by atoms with van der Waals surface area (Å²) in [6.07, 6.45) is 0. The topological polar surface area (TPSA) is 58.6 Å². The highest BCUT2D eigenvalue weighted by Gasteiger charge is 2.16. The number of thiophene rings is 1. The maximum absolute atomic E-state index is 12.3. The third-order valence-corrected chi connectivity index (χ3v) is 4.71. The number of ether oxygens (including phenoxy) is 1. The summed E-state index contributed by atoms with van der Waals surface area (Å²) in [6.45, 7) is 4.51. The molecule has 1 aromatic heterocycles. The summed E-state index contributed by atoms with van der Waals surface area (Å²) < 4.78 is 5.56. The van der Waals surface area contributed by atoms with Crippen molar-refractivity contribution >= 4 is 34.8 Å². The number of rotatable bonds is 8. The first-order valence-electron chi connectivity index (χ1n) is 7.95. The molecule has 2 amide bonds. The van der Waals surface area contributed by atoms with Gasteiger partial charge in [0, 0.05) is 16.4 Å². The summed E-state index contributed by atoms with van der Waals surface area (Å²) in [5.74, 6) is 0.186. The highest BCUT2D eigenvalue weighted by Crippen LogP contribution is 2.21. The smallest absolute Gasteiger partial charge is 0.260 e. The van der Waals surface area contributed by atoms with Crippen molar-refractivity contribution in [3.05, 3.63) is 51.2 Å². The van der Waals surface area contributed by atoms with Crippen molar-refractivity contribution in [1.29, 1.82) is 0 Å². The van der Waals surface area contributed by atoms with Crippen LogP contribution in [0, 0.1) is 6.92 Å². The van der Waals surface area contributed by atoms with Crippen LogP contribution in [0.5, 0.6) is 5.75 Å². The third-order valence-electron chi connectivity index (χ3n) is 3.60. The van der Waals surface area contributed by atoms with Crippen LogP contribution in [0.4, 0.5) is 0 Å². The van der Waals surface area contributed by atoms with Crippen LogP contribution in [0.15, 0.2) is 35.7 Å². The van der Waals surface area contributed by atoms with E-state index in [2.05, 4.69) is 5.32 Å². The molecule has 0 saturated heterocycles. The van der Waals surface area contributed by atoms with E-state index < -0.39 is 0 Å². The van der Waals surface area contributed by atoms with Crippen molar-refractivity contribution in [3.8, 4) is 5.75 Å². The number of halogens is 1. The van der Waals surface area contributed by atoms with Crippen LogP contribution in [-0.2, 0) is 16.1 Å². The molecular formula is C18H21ClN2O3S. The molecule has 7 heteroatoms. The normalized spacial score (nSPS) is 10.4. The van der Waals surface area contributed by atoms with Crippen molar-refractivity contribution in [2.24, 2.45) is 0 Å². The number of carbonyl (C=O) groups is 2. The average Bonchev–Trinajstić information content (AvgIpc) is 3.10. The molecule has 0 spiro atoms. The molecule has 25 heavy (non-hydrogen) atoms. The van der Waals surface area contributed by atoms with Crippen LogP contribution >= 0.6 is 22.9 Å². The largest absolute Gasteiger partial charge is 0.483 e. The molecule has 134 valence electrons. The van der Waals surface area contributed by atoms with Gasteiger partial charge >= 0.3 is 0 Å². The molecule has 1 N–H and O–H groups in total. The van der Waals surface area contributed by atoms with E-state index in [4.69, 9.17) is 16.3 Å². The molecule has 5 nitrogen and oxygen atoms in total. The van der Waals surface area contributed by atoms with Gasteiger partial charge in [-0.2, -0.15) is 0 Å². The second-order valence-corrected chi connectivity index (χ2v) is 6.93.